The minimum atomic E-state index is -3.97. The standard InChI is InChI=1S/C20H24N2O5S/c1-20(2)18(15-9-6-10-16(24)13-15)28(25,26)22-19(27-20)21-17(11-12-23)14-7-4-3-5-8-14/h3-10,13,17-18,23-24H,11-12H2,1-2H3,(H,21,22)/t17-,18?/m0/s1. The number of amidine groups is 1. The molecule has 8 heteroatoms. The van der Waals surface area contributed by atoms with Crippen LogP contribution in [-0.2, 0) is 14.8 Å². The molecule has 2 atom stereocenters. The van der Waals surface area contributed by atoms with E-state index < -0.39 is 20.9 Å². The Morgan fingerprint density at radius 2 is 1.89 bits per heavy atom. The quantitative estimate of drug-likeness (QED) is 0.707. The van der Waals surface area contributed by atoms with Crippen molar-refractivity contribution < 1.29 is 23.4 Å². The molecule has 2 aromatic carbocycles. The normalized spacial score (nSPS) is 21.2. The SMILES string of the molecule is CC1(C)OC(N[C@@H](CCO)c2ccccc2)=NS(=O)(=O)C1c1cccc(O)c1. The van der Waals surface area contributed by atoms with Gasteiger partial charge in [0.15, 0.2) is 0 Å². The Balaban J connectivity index is 1.94. The fraction of sp³-hybridized carbons (Fsp3) is 0.350. The molecule has 0 aliphatic carbocycles. The summed E-state index contributed by atoms with van der Waals surface area (Å²) in [5.41, 5.74) is 0.160. The highest BCUT2D eigenvalue weighted by molar-refractivity contribution is 7.90. The first kappa shape index (κ1) is 20.2. The average Bonchev–Trinajstić information content (AvgIpc) is 2.60. The number of phenols is 1. The third kappa shape index (κ3) is 4.28. The van der Waals surface area contributed by atoms with Gasteiger partial charge in [0.05, 0.1) is 6.04 Å². The molecule has 0 aromatic heterocycles. The number of benzene rings is 2. The van der Waals surface area contributed by atoms with Gasteiger partial charge < -0.3 is 20.3 Å². The van der Waals surface area contributed by atoms with Crippen LogP contribution in [0.25, 0.3) is 0 Å². The van der Waals surface area contributed by atoms with Crippen molar-refractivity contribution in [1.82, 2.24) is 5.32 Å². The lowest BCUT2D eigenvalue weighted by Gasteiger charge is -2.38. The van der Waals surface area contributed by atoms with Crippen molar-refractivity contribution in [2.75, 3.05) is 6.61 Å². The molecular weight excluding hydrogens is 380 g/mol. The lowest BCUT2D eigenvalue weighted by atomic mass is 9.97. The number of aromatic hydroxyl groups is 1. The predicted molar refractivity (Wildman–Crippen MR) is 106 cm³/mol. The monoisotopic (exact) mass is 404 g/mol. The number of phenolic OH excluding ortho intramolecular Hbond substituents is 1. The predicted octanol–water partition coefficient (Wildman–Crippen LogP) is 2.64. The molecule has 0 amide bonds. The molecule has 1 unspecified atom stereocenters. The third-order valence-corrected chi connectivity index (χ3v) is 6.45. The van der Waals surface area contributed by atoms with Crippen molar-refractivity contribution >= 4 is 16.0 Å². The van der Waals surface area contributed by atoms with Gasteiger partial charge >= 0.3 is 6.02 Å². The molecule has 0 radical (unpaired) electrons. The molecule has 150 valence electrons. The van der Waals surface area contributed by atoms with Crippen LogP contribution in [0.15, 0.2) is 59.0 Å². The van der Waals surface area contributed by atoms with E-state index in [0.29, 0.717) is 12.0 Å². The number of aliphatic hydroxyl groups excluding tert-OH is 1. The average molecular weight is 404 g/mol. The second-order valence-electron chi connectivity index (χ2n) is 7.21. The molecule has 1 heterocycles. The van der Waals surface area contributed by atoms with Gasteiger partial charge in [0, 0.05) is 6.61 Å². The molecule has 0 bridgehead atoms. The van der Waals surface area contributed by atoms with Gasteiger partial charge in [-0.2, -0.15) is 0 Å². The Morgan fingerprint density at radius 1 is 1.18 bits per heavy atom. The number of hydrogen-bond acceptors (Lipinski definition) is 6. The molecule has 7 nitrogen and oxygen atoms in total. The van der Waals surface area contributed by atoms with E-state index in [9.17, 15) is 18.6 Å². The molecule has 3 N–H and O–H groups in total. The Bertz CT molecular complexity index is 958. The minimum Gasteiger partial charge on any atom is -0.508 e. The summed E-state index contributed by atoms with van der Waals surface area (Å²) in [5, 5.41) is 21.1. The minimum absolute atomic E-state index is 0.0245. The van der Waals surface area contributed by atoms with E-state index in [2.05, 4.69) is 9.71 Å². The molecule has 3 rings (SSSR count). The van der Waals surface area contributed by atoms with Crippen LogP contribution in [0.1, 0.15) is 42.7 Å². The smallest absolute Gasteiger partial charge is 0.301 e. The summed E-state index contributed by atoms with van der Waals surface area (Å²) in [7, 11) is -3.97. The molecule has 0 fully saturated rings. The highest BCUT2D eigenvalue weighted by Gasteiger charge is 2.47. The van der Waals surface area contributed by atoms with Crippen LogP contribution in [-0.4, -0.2) is 36.9 Å². The van der Waals surface area contributed by atoms with Gasteiger partial charge in [0.1, 0.15) is 16.6 Å². The van der Waals surface area contributed by atoms with Gasteiger partial charge in [-0.1, -0.05) is 42.5 Å². The van der Waals surface area contributed by atoms with Crippen molar-refractivity contribution in [3.8, 4) is 5.75 Å². The van der Waals surface area contributed by atoms with E-state index in [1.54, 1.807) is 26.0 Å². The molecule has 0 saturated carbocycles. The van der Waals surface area contributed by atoms with Crippen molar-refractivity contribution in [2.45, 2.75) is 37.2 Å². The molecular formula is C20H24N2O5S. The lowest BCUT2D eigenvalue weighted by molar-refractivity contribution is 0.0760. The summed E-state index contributed by atoms with van der Waals surface area (Å²) in [5.74, 6) is -0.0245. The number of sulfonamides is 1. The van der Waals surface area contributed by atoms with Crippen LogP contribution in [0.5, 0.6) is 5.75 Å². The first-order valence-corrected chi connectivity index (χ1v) is 10.5. The van der Waals surface area contributed by atoms with Crippen molar-refractivity contribution in [2.24, 2.45) is 4.40 Å². The van der Waals surface area contributed by atoms with Crippen LogP contribution in [0.4, 0.5) is 0 Å². The summed E-state index contributed by atoms with van der Waals surface area (Å²) in [6, 6.07) is 15.0. The van der Waals surface area contributed by atoms with E-state index in [1.165, 1.54) is 12.1 Å². The van der Waals surface area contributed by atoms with Gasteiger partial charge in [-0.3, -0.25) is 0 Å². The molecule has 1 aliphatic rings. The van der Waals surface area contributed by atoms with Crippen LogP contribution >= 0.6 is 0 Å². The zero-order valence-electron chi connectivity index (χ0n) is 15.7. The zero-order valence-corrected chi connectivity index (χ0v) is 16.6. The second kappa shape index (κ2) is 7.81. The van der Waals surface area contributed by atoms with E-state index in [1.807, 2.05) is 30.3 Å². The van der Waals surface area contributed by atoms with Crippen molar-refractivity contribution in [3.63, 3.8) is 0 Å². The highest BCUT2D eigenvalue weighted by atomic mass is 32.2. The molecule has 28 heavy (non-hydrogen) atoms. The Morgan fingerprint density at radius 3 is 2.50 bits per heavy atom. The van der Waals surface area contributed by atoms with Crippen LogP contribution < -0.4 is 5.32 Å². The fourth-order valence-corrected chi connectivity index (χ4v) is 5.13. The number of nitrogens with zero attached hydrogens (tertiary/aromatic N) is 1. The fourth-order valence-electron chi connectivity index (χ4n) is 3.45. The molecule has 0 spiro atoms. The summed E-state index contributed by atoms with van der Waals surface area (Å²) >= 11 is 0. The summed E-state index contributed by atoms with van der Waals surface area (Å²) in [6.45, 7) is 3.25. The third-order valence-electron chi connectivity index (χ3n) is 4.59. The van der Waals surface area contributed by atoms with E-state index >= 15 is 0 Å². The van der Waals surface area contributed by atoms with Gasteiger partial charge in [-0.15, -0.1) is 4.40 Å². The van der Waals surface area contributed by atoms with Crippen LogP contribution in [0.2, 0.25) is 0 Å². The molecule has 0 saturated heterocycles. The Hall–Kier alpha value is -2.58. The number of aliphatic hydroxyl groups is 1. The van der Waals surface area contributed by atoms with Gasteiger partial charge in [-0.05, 0) is 43.5 Å². The number of ether oxygens (including phenoxy) is 1. The topological polar surface area (TPSA) is 108 Å². The van der Waals surface area contributed by atoms with Crippen molar-refractivity contribution in [1.29, 1.82) is 0 Å². The van der Waals surface area contributed by atoms with Gasteiger partial charge in [-0.25, -0.2) is 8.42 Å². The Labute approximate surface area is 164 Å². The lowest BCUT2D eigenvalue weighted by Crippen LogP contribution is -2.47. The Kier molecular flexibility index (Phi) is 5.62. The van der Waals surface area contributed by atoms with Crippen LogP contribution in [0, 0.1) is 0 Å². The van der Waals surface area contributed by atoms with Gasteiger partial charge in [0.25, 0.3) is 10.0 Å². The largest absolute Gasteiger partial charge is 0.508 e. The number of rotatable bonds is 5. The highest BCUT2D eigenvalue weighted by Crippen LogP contribution is 2.41. The number of nitrogens with one attached hydrogen (secondary N) is 1. The summed E-state index contributed by atoms with van der Waals surface area (Å²) in [4.78, 5) is 0. The van der Waals surface area contributed by atoms with Crippen LogP contribution in [0.3, 0.4) is 0 Å². The maximum Gasteiger partial charge on any atom is 0.301 e. The maximum atomic E-state index is 13.0. The first-order valence-electron chi connectivity index (χ1n) is 8.97. The summed E-state index contributed by atoms with van der Waals surface area (Å²) < 4.78 is 35.7. The van der Waals surface area contributed by atoms with E-state index in [-0.39, 0.29) is 24.4 Å². The van der Waals surface area contributed by atoms with Gasteiger partial charge in [0.2, 0.25) is 0 Å². The maximum absolute atomic E-state index is 13.0. The van der Waals surface area contributed by atoms with Crippen molar-refractivity contribution in [3.05, 3.63) is 65.7 Å². The van der Waals surface area contributed by atoms with E-state index in [4.69, 9.17) is 4.74 Å². The van der Waals surface area contributed by atoms with E-state index in [0.717, 1.165) is 5.56 Å². The second-order valence-corrected chi connectivity index (χ2v) is 8.90. The first-order chi connectivity index (χ1) is 13.2. The molecule has 2 aromatic rings. The molecule has 1 aliphatic heterocycles. The zero-order chi connectivity index (χ0) is 20.4. The summed E-state index contributed by atoms with van der Waals surface area (Å²) in [6.07, 6.45) is 0.364. The number of hydrogen-bond donors (Lipinski definition) is 3.